The Morgan fingerprint density at radius 1 is 0.474 bits per heavy atom. The van der Waals surface area contributed by atoms with Crippen molar-refractivity contribution in [2.45, 2.75) is 120 Å². The van der Waals surface area contributed by atoms with Gasteiger partial charge in [0, 0.05) is 0 Å². The summed E-state index contributed by atoms with van der Waals surface area (Å²) >= 11 is 0. The smallest absolute Gasteiger partial charge is 0.0474 e. The van der Waals surface area contributed by atoms with Crippen molar-refractivity contribution in [3.8, 4) is 0 Å². The molecule has 0 nitrogen and oxygen atoms in total. The van der Waals surface area contributed by atoms with Crippen LogP contribution in [-0.4, -0.2) is 0 Å². The van der Waals surface area contributed by atoms with E-state index in [1.165, 1.54) is 57.8 Å². The van der Waals surface area contributed by atoms with E-state index in [4.69, 9.17) is 0 Å². The van der Waals surface area contributed by atoms with Crippen molar-refractivity contribution in [1.82, 2.24) is 0 Å². The second-order valence-electron chi connectivity index (χ2n) is 5.51. The summed E-state index contributed by atoms with van der Waals surface area (Å²) in [6, 6.07) is 0. The first-order valence-corrected chi connectivity index (χ1v) is 9.01. The van der Waals surface area contributed by atoms with Crippen molar-refractivity contribution < 1.29 is 0 Å². The summed E-state index contributed by atoms with van der Waals surface area (Å²) in [6.07, 6.45) is 12.1. The number of rotatable bonds is 6. The topological polar surface area (TPSA) is 0 Å². The maximum Gasteiger partial charge on any atom is -0.0474 e. The second-order valence-corrected chi connectivity index (χ2v) is 5.51. The Morgan fingerprint density at radius 2 is 0.684 bits per heavy atom. The van der Waals surface area contributed by atoms with E-state index in [2.05, 4.69) is 62.3 Å². The Balaban J connectivity index is -0.0000000793. The molecular formula is C19H46. The van der Waals surface area contributed by atoms with Crippen molar-refractivity contribution in [2.75, 3.05) is 0 Å². The van der Waals surface area contributed by atoms with Gasteiger partial charge in [0.1, 0.15) is 0 Å². The van der Waals surface area contributed by atoms with Crippen molar-refractivity contribution in [3.63, 3.8) is 0 Å². The van der Waals surface area contributed by atoms with Gasteiger partial charge in [-0.15, -0.1) is 0 Å². The summed E-state index contributed by atoms with van der Waals surface area (Å²) in [6.45, 7) is 19.9. The largest absolute Gasteiger partial charge is 0.0654 e. The molecular weight excluding hydrogens is 228 g/mol. The van der Waals surface area contributed by atoms with Crippen LogP contribution in [0.4, 0.5) is 0 Å². The van der Waals surface area contributed by atoms with E-state index in [0.29, 0.717) is 0 Å². The first-order valence-electron chi connectivity index (χ1n) is 9.01. The van der Waals surface area contributed by atoms with Gasteiger partial charge >= 0.3 is 0 Å². The van der Waals surface area contributed by atoms with Crippen LogP contribution in [0, 0.1) is 5.92 Å². The maximum absolute atomic E-state index is 2.22. The van der Waals surface area contributed by atoms with Crippen LogP contribution in [0.3, 0.4) is 0 Å². The fourth-order valence-corrected chi connectivity index (χ4v) is 0.707. The Hall–Kier alpha value is 0. The van der Waals surface area contributed by atoms with E-state index in [1.54, 1.807) is 0 Å². The van der Waals surface area contributed by atoms with Gasteiger partial charge in [-0.25, -0.2) is 0 Å². The van der Waals surface area contributed by atoms with Crippen molar-refractivity contribution >= 4 is 0 Å². The highest BCUT2D eigenvalue weighted by molar-refractivity contribution is 4.32. The Bertz CT molecular complexity index is 72.0. The van der Waals surface area contributed by atoms with E-state index >= 15 is 0 Å². The molecule has 0 heterocycles. The molecule has 0 N–H and O–H groups in total. The van der Waals surface area contributed by atoms with E-state index in [9.17, 15) is 0 Å². The standard InChI is InChI=1S/3C5H12.C4H10/c1-4-5(2)3;2*1-3-5-4-2;1-3-4-2/h5H,4H2,1-3H3;2*3-5H2,1-2H3;3-4H2,1-2H3. The quantitative estimate of drug-likeness (QED) is 0.457. The molecule has 0 aliphatic rings. The van der Waals surface area contributed by atoms with Gasteiger partial charge < -0.3 is 0 Å². The van der Waals surface area contributed by atoms with Crippen LogP contribution < -0.4 is 0 Å². The molecule has 0 heteroatoms. The molecule has 0 rings (SSSR count). The van der Waals surface area contributed by atoms with E-state index in [0.717, 1.165) is 5.92 Å². The molecule has 0 aliphatic carbocycles. The molecule has 0 amide bonds. The molecule has 0 aromatic rings. The van der Waals surface area contributed by atoms with E-state index < -0.39 is 0 Å². The lowest BCUT2D eigenvalue weighted by atomic mass is 10.2. The predicted molar refractivity (Wildman–Crippen MR) is 96.1 cm³/mol. The minimum absolute atomic E-state index is 0.884. The summed E-state index contributed by atoms with van der Waals surface area (Å²) in [5.74, 6) is 0.884. The van der Waals surface area contributed by atoms with Gasteiger partial charge in [0.2, 0.25) is 0 Å². The van der Waals surface area contributed by atoms with Gasteiger partial charge in [0.15, 0.2) is 0 Å². The normalized spacial score (nSPS) is 8.53. The molecule has 0 radical (unpaired) electrons. The summed E-state index contributed by atoms with van der Waals surface area (Å²) in [7, 11) is 0. The number of unbranched alkanes of at least 4 members (excludes halogenated alkanes) is 5. The molecule has 0 fully saturated rings. The predicted octanol–water partition coefficient (Wildman–Crippen LogP) is 8.25. The molecule has 0 saturated heterocycles. The second kappa shape index (κ2) is 36.1. The molecule has 0 bridgehead atoms. The summed E-state index contributed by atoms with van der Waals surface area (Å²) < 4.78 is 0. The zero-order valence-electron chi connectivity index (χ0n) is 15.9. The van der Waals surface area contributed by atoms with Gasteiger partial charge in [0.25, 0.3) is 0 Å². The van der Waals surface area contributed by atoms with Crippen molar-refractivity contribution in [3.05, 3.63) is 0 Å². The Kier molecular flexibility index (Phi) is 52.0. The van der Waals surface area contributed by atoms with Crippen LogP contribution in [0.25, 0.3) is 0 Å². The molecule has 0 spiro atoms. The number of hydrogen-bond acceptors (Lipinski definition) is 0. The first-order chi connectivity index (χ1) is 9.01. The van der Waals surface area contributed by atoms with Crippen LogP contribution in [0.2, 0.25) is 0 Å². The zero-order valence-corrected chi connectivity index (χ0v) is 15.9. The minimum Gasteiger partial charge on any atom is -0.0654 e. The molecule has 0 aromatic carbocycles. The molecule has 0 saturated carbocycles. The average Bonchev–Trinajstić information content (AvgIpc) is 2.42. The fraction of sp³-hybridized carbons (Fsp3) is 1.00. The third kappa shape index (κ3) is 94.0. The lowest BCUT2D eigenvalue weighted by Crippen LogP contribution is -1.77. The monoisotopic (exact) mass is 274 g/mol. The lowest BCUT2D eigenvalue weighted by molar-refractivity contribution is 0.626. The minimum atomic E-state index is 0.884. The summed E-state index contributed by atoms with van der Waals surface area (Å²) in [5.41, 5.74) is 0. The summed E-state index contributed by atoms with van der Waals surface area (Å²) in [5, 5.41) is 0. The van der Waals surface area contributed by atoms with Crippen LogP contribution in [0.1, 0.15) is 120 Å². The third-order valence-electron chi connectivity index (χ3n) is 2.73. The van der Waals surface area contributed by atoms with Gasteiger partial charge in [-0.05, 0) is 5.92 Å². The van der Waals surface area contributed by atoms with Crippen LogP contribution in [0.15, 0.2) is 0 Å². The highest BCUT2D eigenvalue weighted by atomic mass is 13.9. The van der Waals surface area contributed by atoms with Crippen LogP contribution >= 0.6 is 0 Å². The molecule has 0 aromatic heterocycles. The van der Waals surface area contributed by atoms with Crippen molar-refractivity contribution in [1.29, 1.82) is 0 Å². The number of hydrogen-bond donors (Lipinski definition) is 0. The molecule has 0 unspecified atom stereocenters. The third-order valence-corrected chi connectivity index (χ3v) is 2.73. The SMILES string of the molecule is CCC(C)C.CCCC.CCCCC.CCCCC. The highest BCUT2D eigenvalue weighted by Crippen LogP contribution is 1.93. The lowest BCUT2D eigenvalue weighted by Gasteiger charge is -1.90. The van der Waals surface area contributed by atoms with Gasteiger partial charge in [-0.1, -0.05) is 120 Å². The summed E-state index contributed by atoms with van der Waals surface area (Å²) in [4.78, 5) is 0. The molecule has 0 aliphatic heterocycles. The zero-order chi connectivity index (χ0) is 15.9. The van der Waals surface area contributed by atoms with Crippen LogP contribution in [-0.2, 0) is 0 Å². The van der Waals surface area contributed by atoms with Gasteiger partial charge in [-0.3, -0.25) is 0 Å². The molecule has 0 atom stereocenters. The van der Waals surface area contributed by atoms with E-state index in [1.807, 2.05) is 0 Å². The molecule has 19 heavy (non-hydrogen) atoms. The van der Waals surface area contributed by atoms with E-state index in [-0.39, 0.29) is 0 Å². The van der Waals surface area contributed by atoms with Crippen molar-refractivity contribution in [2.24, 2.45) is 5.92 Å². The maximum atomic E-state index is 2.22. The molecule has 122 valence electrons. The Morgan fingerprint density at radius 3 is 0.684 bits per heavy atom. The van der Waals surface area contributed by atoms with Gasteiger partial charge in [0.05, 0.1) is 0 Å². The highest BCUT2D eigenvalue weighted by Gasteiger charge is 1.80. The fourth-order valence-electron chi connectivity index (χ4n) is 0.707. The first kappa shape index (κ1) is 27.4. The van der Waals surface area contributed by atoms with Crippen LogP contribution in [0.5, 0.6) is 0 Å². The Labute approximate surface area is 126 Å². The average molecular weight is 275 g/mol. The van der Waals surface area contributed by atoms with Gasteiger partial charge in [-0.2, -0.15) is 0 Å².